The molecule has 0 aliphatic heterocycles. The Morgan fingerprint density at radius 1 is 1.06 bits per heavy atom. The molecule has 4 aromatic rings. The highest BCUT2D eigenvalue weighted by molar-refractivity contribution is 7.98. The summed E-state index contributed by atoms with van der Waals surface area (Å²) in [5.74, 6) is 1.22. The summed E-state index contributed by atoms with van der Waals surface area (Å²) in [5.41, 5.74) is 0.594. The molecule has 2 aromatic heterocycles. The third kappa shape index (κ3) is 4.75. The quantitative estimate of drug-likeness (QED) is 0.429. The van der Waals surface area contributed by atoms with Gasteiger partial charge in [-0.25, -0.2) is 9.18 Å². The Bertz CT molecular complexity index is 1300. The number of nitrogens with zero attached hydrogens (tertiary/aromatic N) is 3. The van der Waals surface area contributed by atoms with Crippen LogP contribution in [0.15, 0.2) is 69.3 Å². The van der Waals surface area contributed by atoms with E-state index in [4.69, 9.17) is 4.74 Å². The molecule has 4 rings (SSSR count). The molecule has 10 heteroatoms. The van der Waals surface area contributed by atoms with E-state index < -0.39 is 11.2 Å². The van der Waals surface area contributed by atoms with Crippen molar-refractivity contribution in [2.75, 3.05) is 7.11 Å². The maximum atomic E-state index is 14.0. The highest BCUT2D eigenvalue weighted by atomic mass is 32.2. The number of H-pyrrole nitrogens is 2. The largest absolute Gasteiger partial charge is 0.497 e. The van der Waals surface area contributed by atoms with Gasteiger partial charge in [-0.1, -0.05) is 36.0 Å². The van der Waals surface area contributed by atoms with Gasteiger partial charge in [0.1, 0.15) is 17.4 Å². The van der Waals surface area contributed by atoms with Gasteiger partial charge >= 0.3 is 5.69 Å². The highest BCUT2D eigenvalue weighted by Crippen LogP contribution is 2.28. The summed E-state index contributed by atoms with van der Waals surface area (Å²) >= 11 is 1.33. The number of halogens is 1. The number of hydrogen-bond donors (Lipinski definition) is 2. The molecule has 0 aliphatic rings. The second-order valence-electron chi connectivity index (χ2n) is 6.61. The average Bonchev–Trinajstić information content (AvgIpc) is 3.14. The summed E-state index contributed by atoms with van der Waals surface area (Å²) in [6, 6.07) is 15.2. The molecule has 0 radical (unpaired) electrons. The van der Waals surface area contributed by atoms with Crippen molar-refractivity contribution in [2.24, 2.45) is 0 Å². The molecule has 2 aromatic carbocycles. The molecule has 2 N–H and O–H groups in total. The van der Waals surface area contributed by atoms with Crippen molar-refractivity contribution >= 4 is 11.8 Å². The van der Waals surface area contributed by atoms with Crippen LogP contribution in [0.25, 0.3) is 5.69 Å². The summed E-state index contributed by atoms with van der Waals surface area (Å²) < 4.78 is 21.2. The van der Waals surface area contributed by atoms with Gasteiger partial charge in [-0.05, 0) is 23.8 Å². The summed E-state index contributed by atoms with van der Waals surface area (Å²) in [6.45, 7) is 0. The second kappa shape index (κ2) is 9.00. The van der Waals surface area contributed by atoms with Crippen LogP contribution in [0.5, 0.6) is 5.75 Å². The third-order valence-electron chi connectivity index (χ3n) is 4.49. The molecule has 0 bridgehead atoms. The predicted molar refractivity (Wildman–Crippen MR) is 114 cm³/mol. The van der Waals surface area contributed by atoms with Gasteiger partial charge in [0.15, 0.2) is 5.16 Å². The van der Waals surface area contributed by atoms with E-state index in [1.54, 1.807) is 29.9 Å². The molecule has 0 amide bonds. The molecule has 0 unspecified atom stereocenters. The Hall–Kier alpha value is -3.66. The van der Waals surface area contributed by atoms with Gasteiger partial charge < -0.3 is 9.72 Å². The van der Waals surface area contributed by atoms with Crippen LogP contribution in [0.3, 0.4) is 0 Å². The van der Waals surface area contributed by atoms with Crippen molar-refractivity contribution in [2.45, 2.75) is 17.3 Å². The fourth-order valence-corrected chi connectivity index (χ4v) is 4.02. The van der Waals surface area contributed by atoms with Gasteiger partial charge in [-0.2, -0.15) is 0 Å². The van der Waals surface area contributed by atoms with E-state index in [2.05, 4.69) is 20.2 Å². The fourth-order valence-electron chi connectivity index (χ4n) is 3.06. The molecular weight excluding hydrogens is 421 g/mol. The van der Waals surface area contributed by atoms with Crippen molar-refractivity contribution in [1.82, 2.24) is 24.7 Å². The molecule has 0 spiro atoms. The van der Waals surface area contributed by atoms with Crippen molar-refractivity contribution in [3.8, 4) is 11.4 Å². The Kier molecular flexibility index (Phi) is 5.99. The first kappa shape index (κ1) is 20.6. The molecule has 0 aliphatic carbocycles. The van der Waals surface area contributed by atoms with Crippen molar-refractivity contribution in [1.29, 1.82) is 0 Å². The maximum absolute atomic E-state index is 14.0. The van der Waals surface area contributed by atoms with Gasteiger partial charge in [0.2, 0.25) is 0 Å². The van der Waals surface area contributed by atoms with Gasteiger partial charge in [0.05, 0.1) is 12.8 Å². The standard InChI is InChI=1S/C21H18FN5O3S/c1-30-16-7-4-6-15(11-16)27-18(9-14-10-19(28)24-20(29)23-14)25-26-21(27)31-12-13-5-2-3-8-17(13)22/h2-8,10-11H,9,12H2,1H3,(H2,23,24,28,29). The summed E-state index contributed by atoms with van der Waals surface area (Å²) in [4.78, 5) is 28.0. The lowest BCUT2D eigenvalue weighted by Gasteiger charge is -2.12. The lowest BCUT2D eigenvalue weighted by molar-refractivity contribution is 0.414. The Balaban J connectivity index is 1.73. The number of nitrogens with one attached hydrogen (secondary N) is 2. The van der Waals surface area contributed by atoms with Crippen LogP contribution < -0.4 is 16.0 Å². The SMILES string of the molecule is COc1cccc(-n2c(Cc3cc(=O)[nH]c(=O)[nH]3)nnc2SCc2ccccc2F)c1. The molecule has 0 atom stereocenters. The highest BCUT2D eigenvalue weighted by Gasteiger charge is 2.17. The lowest BCUT2D eigenvalue weighted by Crippen LogP contribution is -2.23. The van der Waals surface area contributed by atoms with Crippen LogP contribution in [-0.2, 0) is 12.2 Å². The van der Waals surface area contributed by atoms with Crippen molar-refractivity contribution < 1.29 is 9.13 Å². The van der Waals surface area contributed by atoms with Crippen LogP contribution >= 0.6 is 11.8 Å². The van der Waals surface area contributed by atoms with Crippen LogP contribution in [0.2, 0.25) is 0 Å². The van der Waals surface area contributed by atoms with Gasteiger partial charge in [0, 0.05) is 30.0 Å². The zero-order valence-electron chi connectivity index (χ0n) is 16.5. The molecule has 0 saturated heterocycles. The molecule has 158 valence electrons. The van der Waals surface area contributed by atoms with E-state index in [0.29, 0.717) is 33.7 Å². The van der Waals surface area contributed by atoms with Crippen LogP contribution in [0.4, 0.5) is 4.39 Å². The first-order chi connectivity index (χ1) is 15.0. The van der Waals surface area contributed by atoms with Crippen LogP contribution in [0.1, 0.15) is 17.1 Å². The average molecular weight is 439 g/mol. The first-order valence-corrected chi connectivity index (χ1v) is 10.3. The van der Waals surface area contributed by atoms with Gasteiger partial charge in [-0.15, -0.1) is 10.2 Å². The Morgan fingerprint density at radius 3 is 2.68 bits per heavy atom. The number of aromatic nitrogens is 5. The third-order valence-corrected chi connectivity index (χ3v) is 5.47. The topological polar surface area (TPSA) is 106 Å². The monoisotopic (exact) mass is 439 g/mol. The van der Waals surface area contributed by atoms with Crippen LogP contribution in [0, 0.1) is 5.82 Å². The number of ether oxygens (including phenoxy) is 1. The first-order valence-electron chi connectivity index (χ1n) is 9.31. The van der Waals surface area contributed by atoms with E-state index >= 15 is 0 Å². The van der Waals surface area contributed by atoms with E-state index in [0.717, 1.165) is 5.69 Å². The number of aromatic amines is 2. The molecule has 2 heterocycles. The van der Waals surface area contributed by atoms with Crippen LogP contribution in [-0.4, -0.2) is 31.8 Å². The summed E-state index contributed by atoms with van der Waals surface area (Å²) in [7, 11) is 1.57. The maximum Gasteiger partial charge on any atom is 0.325 e. The van der Waals surface area contributed by atoms with E-state index in [-0.39, 0.29) is 12.2 Å². The minimum atomic E-state index is -0.593. The van der Waals surface area contributed by atoms with E-state index in [9.17, 15) is 14.0 Å². The van der Waals surface area contributed by atoms with Gasteiger partial charge in [-0.3, -0.25) is 14.3 Å². The summed E-state index contributed by atoms with van der Waals surface area (Å²) in [6.07, 6.45) is 0.170. The number of rotatable bonds is 7. The zero-order valence-corrected chi connectivity index (χ0v) is 17.3. The smallest absolute Gasteiger partial charge is 0.325 e. The Labute approximate surface area is 180 Å². The predicted octanol–water partition coefficient (Wildman–Crippen LogP) is 2.67. The molecule has 0 saturated carbocycles. The minimum Gasteiger partial charge on any atom is -0.497 e. The van der Waals surface area contributed by atoms with Crippen molar-refractivity contribution in [3.05, 3.63) is 98.3 Å². The molecular formula is C21H18FN5O3S. The second-order valence-corrected chi connectivity index (χ2v) is 7.55. The number of thioether (sulfide) groups is 1. The number of methoxy groups -OCH3 is 1. The van der Waals surface area contributed by atoms with Crippen molar-refractivity contribution in [3.63, 3.8) is 0 Å². The Morgan fingerprint density at radius 2 is 1.90 bits per heavy atom. The molecule has 31 heavy (non-hydrogen) atoms. The number of benzene rings is 2. The minimum absolute atomic E-state index is 0.170. The number of hydrogen-bond acceptors (Lipinski definition) is 6. The fraction of sp³-hybridized carbons (Fsp3) is 0.143. The lowest BCUT2D eigenvalue weighted by atomic mass is 10.2. The summed E-state index contributed by atoms with van der Waals surface area (Å²) in [5, 5.41) is 9.07. The molecule has 0 fully saturated rings. The van der Waals surface area contributed by atoms with Gasteiger partial charge in [0.25, 0.3) is 5.56 Å². The zero-order chi connectivity index (χ0) is 21.8. The van der Waals surface area contributed by atoms with E-state index in [1.165, 1.54) is 23.9 Å². The molecule has 8 nitrogen and oxygen atoms in total. The normalized spacial score (nSPS) is 10.9. The van der Waals surface area contributed by atoms with E-state index in [1.807, 2.05) is 24.3 Å².